The molecule has 2 N–H and O–H groups in total. The third-order valence-electron chi connectivity index (χ3n) is 3.36. The SMILES string of the molecule is COc1c(F)ccc2c(=O)cc(N)n([C@@H]3C[C@@H]3F)c12. The molecule has 0 spiro atoms. The number of rotatable bonds is 2. The molecule has 0 bridgehead atoms. The van der Waals surface area contributed by atoms with Crippen molar-refractivity contribution >= 4 is 16.7 Å². The predicted octanol–water partition coefficient (Wildman–Crippen LogP) is 2.01. The molecule has 0 radical (unpaired) electrons. The first-order valence-electron chi connectivity index (χ1n) is 5.86. The van der Waals surface area contributed by atoms with E-state index in [4.69, 9.17) is 10.5 Å². The van der Waals surface area contributed by atoms with Crippen molar-refractivity contribution in [2.24, 2.45) is 0 Å². The summed E-state index contributed by atoms with van der Waals surface area (Å²) in [5.41, 5.74) is 5.67. The quantitative estimate of drug-likeness (QED) is 0.904. The van der Waals surface area contributed by atoms with E-state index >= 15 is 0 Å². The second kappa shape index (κ2) is 3.94. The van der Waals surface area contributed by atoms with Crippen LogP contribution in [0, 0.1) is 5.82 Å². The van der Waals surface area contributed by atoms with E-state index in [2.05, 4.69) is 0 Å². The number of methoxy groups -OCH3 is 1. The summed E-state index contributed by atoms with van der Waals surface area (Å²) in [7, 11) is 1.30. The zero-order valence-corrected chi connectivity index (χ0v) is 10.2. The van der Waals surface area contributed by atoms with Crippen LogP contribution in [0.15, 0.2) is 23.0 Å². The molecule has 1 heterocycles. The number of hydrogen-bond acceptors (Lipinski definition) is 3. The van der Waals surface area contributed by atoms with Gasteiger partial charge in [0.15, 0.2) is 17.0 Å². The zero-order chi connectivity index (χ0) is 13.7. The average molecular weight is 266 g/mol. The summed E-state index contributed by atoms with van der Waals surface area (Å²) in [5, 5.41) is 0.270. The minimum Gasteiger partial charge on any atom is -0.492 e. The fourth-order valence-corrected chi connectivity index (χ4v) is 2.37. The van der Waals surface area contributed by atoms with Crippen LogP contribution < -0.4 is 15.9 Å². The highest BCUT2D eigenvalue weighted by molar-refractivity contribution is 5.87. The summed E-state index contributed by atoms with van der Waals surface area (Å²) < 4.78 is 33.5. The molecule has 0 saturated heterocycles. The molecule has 0 unspecified atom stereocenters. The van der Waals surface area contributed by atoms with Crippen molar-refractivity contribution in [1.82, 2.24) is 4.57 Å². The molecule has 1 fully saturated rings. The van der Waals surface area contributed by atoms with Crippen molar-refractivity contribution in [3.05, 3.63) is 34.2 Å². The van der Waals surface area contributed by atoms with Gasteiger partial charge in [-0.2, -0.15) is 0 Å². The van der Waals surface area contributed by atoms with Crippen LogP contribution >= 0.6 is 0 Å². The van der Waals surface area contributed by atoms with Gasteiger partial charge in [0.2, 0.25) is 0 Å². The summed E-state index contributed by atoms with van der Waals surface area (Å²) in [4.78, 5) is 11.9. The molecule has 1 saturated carbocycles. The van der Waals surface area contributed by atoms with Crippen LogP contribution in [-0.2, 0) is 0 Å². The maximum atomic E-state index is 13.8. The van der Waals surface area contributed by atoms with Crippen LogP contribution in [0.2, 0.25) is 0 Å². The van der Waals surface area contributed by atoms with Gasteiger partial charge in [-0.3, -0.25) is 4.79 Å². The van der Waals surface area contributed by atoms with Crippen molar-refractivity contribution < 1.29 is 13.5 Å². The van der Waals surface area contributed by atoms with Crippen molar-refractivity contribution in [1.29, 1.82) is 0 Å². The van der Waals surface area contributed by atoms with Gasteiger partial charge in [0.1, 0.15) is 12.0 Å². The summed E-state index contributed by atoms with van der Waals surface area (Å²) in [6.07, 6.45) is -0.719. The van der Waals surface area contributed by atoms with E-state index in [1.807, 2.05) is 0 Å². The van der Waals surface area contributed by atoms with Crippen molar-refractivity contribution in [3.8, 4) is 5.75 Å². The number of hydrogen-bond donors (Lipinski definition) is 1. The molecule has 3 rings (SSSR count). The Morgan fingerprint density at radius 2 is 2.16 bits per heavy atom. The minimum atomic E-state index is -1.03. The lowest BCUT2D eigenvalue weighted by atomic mass is 10.1. The highest BCUT2D eigenvalue weighted by atomic mass is 19.1. The number of pyridine rings is 1. The van der Waals surface area contributed by atoms with Crippen LogP contribution in [-0.4, -0.2) is 17.8 Å². The summed E-state index contributed by atoms with van der Waals surface area (Å²) >= 11 is 0. The lowest BCUT2D eigenvalue weighted by Gasteiger charge is -2.16. The third-order valence-corrected chi connectivity index (χ3v) is 3.36. The Morgan fingerprint density at radius 1 is 1.47 bits per heavy atom. The highest BCUT2D eigenvalue weighted by Crippen LogP contribution is 2.43. The number of ether oxygens (including phenoxy) is 1. The number of anilines is 1. The maximum absolute atomic E-state index is 13.8. The van der Waals surface area contributed by atoms with Gasteiger partial charge in [0.25, 0.3) is 0 Å². The standard InChI is InChI=1S/C13H12F2N2O2/c1-19-13-7(14)3-2-6-10(18)5-11(16)17(12(6)13)9-4-8(9)15/h2-3,5,8-9H,4,16H2,1H3/t8-,9+/m0/s1. The average Bonchev–Trinajstić information content (AvgIpc) is 3.06. The van der Waals surface area contributed by atoms with E-state index in [0.717, 1.165) is 6.07 Å². The van der Waals surface area contributed by atoms with E-state index < -0.39 is 18.0 Å². The van der Waals surface area contributed by atoms with Gasteiger partial charge in [-0.15, -0.1) is 0 Å². The first-order valence-corrected chi connectivity index (χ1v) is 5.86. The van der Waals surface area contributed by atoms with Crippen molar-refractivity contribution in [3.63, 3.8) is 0 Å². The largest absolute Gasteiger partial charge is 0.492 e. The molecule has 0 aliphatic heterocycles. The normalized spacial score (nSPS) is 21.6. The number of nitrogens with two attached hydrogens (primary N) is 1. The van der Waals surface area contributed by atoms with Crippen LogP contribution in [0.1, 0.15) is 12.5 Å². The molecule has 19 heavy (non-hydrogen) atoms. The fraction of sp³-hybridized carbons (Fsp3) is 0.308. The monoisotopic (exact) mass is 266 g/mol. The number of nitrogen functional groups attached to an aromatic ring is 1. The molecule has 100 valence electrons. The zero-order valence-electron chi connectivity index (χ0n) is 10.2. The van der Waals surface area contributed by atoms with Gasteiger partial charge in [-0.05, 0) is 12.1 Å². The van der Waals surface area contributed by atoms with Crippen LogP contribution in [0.5, 0.6) is 5.75 Å². The molecule has 1 aliphatic carbocycles. The maximum Gasteiger partial charge on any atom is 0.191 e. The Labute approximate surface area is 107 Å². The Hall–Kier alpha value is -2.11. The summed E-state index contributed by atoms with van der Waals surface area (Å²) in [6, 6.07) is 3.29. The second-order valence-electron chi connectivity index (χ2n) is 4.60. The first kappa shape index (κ1) is 12.0. The molecule has 4 nitrogen and oxygen atoms in total. The topological polar surface area (TPSA) is 57.2 Å². The molecule has 6 heteroatoms. The molecule has 1 aliphatic rings. The smallest absolute Gasteiger partial charge is 0.191 e. The van der Waals surface area contributed by atoms with E-state index in [1.54, 1.807) is 0 Å². The van der Waals surface area contributed by atoms with Crippen molar-refractivity contribution in [2.45, 2.75) is 18.6 Å². The van der Waals surface area contributed by atoms with E-state index in [0.29, 0.717) is 6.42 Å². The van der Waals surface area contributed by atoms with Gasteiger partial charge in [-0.25, -0.2) is 8.78 Å². The van der Waals surface area contributed by atoms with Gasteiger partial charge < -0.3 is 15.0 Å². The number of alkyl halides is 1. The van der Waals surface area contributed by atoms with E-state index in [1.165, 1.54) is 23.8 Å². The Balaban J connectivity index is 2.46. The number of nitrogens with zero attached hydrogens (tertiary/aromatic N) is 1. The fourth-order valence-electron chi connectivity index (χ4n) is 2.37. The molecule has 2 aromatic rings. The number of fused-ring (bicyclic) bond motifs is 1. The van der Waals surface area contributed by atoms with Crippen LogP contribution in [0.25, 0.3) is 10.9 Å². The number of benzene rings is 1. The third kappa shape index (κ3) is 1.67. The number of aromatic nitrogens is 1. The second-order valence-corrected chi connectivity index (χ2v) is 4.60. The minimum absolute atomic E-state index is 0.0824. The van der Waals surface area contributed by atoms with E-state index in [-0.39, 0.29) is 27.9 Å². The Bertz CT molecular complexity index is 727. The van der Waals surface area contributed by atoms with Crippen molar-refractivity contribution in [2.75, 3.05) is 12.8 Å². The Morgan fingerprint density at radius 3 is 2.74 bits per heavy atom. The molecular formula is C13H12F2N2O2. The van der Waals surface area contributed by atoms with Crippen LogP contribution in [0.4, 0.5) is 14.6 Å². The van der Waals surface area contributed by atoms with Gasteiger partial charge in [-0.1, -0.05) is 0 Å². The lowest BCUT2D eigenvalue weighted by molar-refractivity contribution is 0.387. The van der Waals surface area contributed by atoms with Gasteiger partial charge in [0, 0.05) is 17.9 Å². The molecule has 0 amide bonds. The number of halogens is 2. The molecule has 1 aromatic carbocycles. The van der Waals surface area contributed by atoms with Gasteiger partial charge in [0.05, 0.1) is 18.7 Å². The lowest BCUT2D eigenvalue weighted by Crippen LogP contribution is -2.14. The summed E-state index contributed by atoms with van der Waals surface area (Å²) in [6.45, 7) is 0. The van der Waals surface area contributed by atoms with Crippen LogP contribution in [0.3, 0.4) is 0 Å². The predicted molar refractivity (Wildman–Crippen MR) is 67.7 cm³/mol. The first-order chi connectivity index (χ1) is 9.04. The van der Waals surface area contributed by atoms with E-state index in [9.17, 15) is 13.6 Å². The summed E-state index contributed by atoms with van der Waals surface area (Å²) in [5.74, 6) is -0.572. The Kier molecular flexibility index (Phi) is 2.48. The molecule has 2 atom stereocenters. The molecular weight excluding hydrogens is 254 g/mol. The highest BCUT2D eigenvalue weighted by Gasteiger charge is 2.41. The van der Waals surface area contributed by atoms with Gasteiger partial charge >= 0.3 is 0 Å². The molecule has 1 aromatic heterocycles.